The number of fused-ring (bicyclic) bond motifs is 3. The molecule has 0 saturated heterocycles. The van der Waals surface area contributed by atoms with Crippen LogP contribution in [0.2, 0.25) is 0 Å². The molecule has 2 heterocycles. The third kappa shape index (κ3) is 1.59. The molecule has 4 nitrogen and oxygen atoms in total. The average molecular weight is 267 g/mol. The van der Waals surface area contributed by atoms with Gasteiger partial charge in [-0.3, -0.25) is 4.98 Å². The van der Waals surface area contributed by atoms with Crippen molar-refractivity contribution in [1.29, 1.82) is 0 Å². The zero-order valence-electron chi connectivity index (χ0n) is 8.51. The third-order valence-corrected chi connectivity index (χ3v) is 4.01. The van der Waals surface area contributed by atoms with E-state index in [-0.39, 0.29) is 4.90 Å². The van der Waals surface area contributed by atoms with Crippen molar-refractivity contribution in [2.45, 2.75) is 4.90 Å². The van der Waals surface area contributed by atoms with Gasteiger partial charge in [-0.25, -0.2) is 8.42 Å². The molecule has 3 aromatic rings. The van der Waals surface area contributed by atoms with Crippen LogP contribution in [0.4, 0.5) is 0 Å². The van der Waals surface area contributed by atoms with Crippen molar-refractivity contribution in [2.75, 3.05) is 0 Å². The molecule has 0 atom stereocenters. The second-order valence-electron chi connectivity index (χ2n) is 3.65. The molecule has 0 fully saturated rings. The fourth-order valence-electron chi connectivity index (χ4n) is 1.91. The molecule has 0 bridgehead atoms. The van der Waals surface area contributed by atoms with E-state index in [0.717, 1.165) is 10.9 Å². The molecule has 0 aliphatic rings. The van der Waals surface area contributed by atoms with Crippen LogP contribution in [-0.2, 0) is 9.05 Å². The highest BCUT2D eigenvalue weighted by molar-refractivity contribution is 8.14. The molecule has 1 N–H and O–H groups in total. The number of rotatable bonds is 1. The first kappa shape index (κ1) is 10.6. The summed E-state index contributed by atoms with van der Waals surface area (Å²) in [6, 6.07) is 7.29. The minimum absolute atomic E-state index is 0.0849. The van der Waals surface area contributed by atoms with Crippen LogP contribution in [0.3, 0.4) is 0 Å². The summed E-state index contributed by atoms with van der Waals surface area (Å²) in [5.41, 5.74) is 1.42. The monoisotopic (exact) mass is 266 g/mol. The van der Waals surface area contributed by atoms with E-state index in [1.54, 1.807) is 12.3 Å². The van der Waals surface area contributed by atoms with Crippen molar-refractivity contribution in [1.82, 2.24) is 9.97 Å². The molecule has 3 rings (SSSR count). The lowest BCUT2D eigenvalue weighted by molar-refractivity contribution is 0.610. The Labute approximate surface area is 102 Å². The fourth-order valence-corrected chi connectivity index (χ4v) is 2.93. The van der Waals surface area contributed by atoms with Crippen molar-refractivity contribution < 1.29 is 8.42 Å². The largest absolute Gasteiger partial charge is 0.358 e. The summed E-state index contributed by atoms with van der Waals surface area (Å²) >= 11 is 0. The lowest BCUT2D eigenvalue weighted by Crippen LogP contribution is -1.88. The van der Waals surface area contributed by atoms with Crippen LogP contribution in [0.1, 0.15) is 0 Å². The quantitative estimate of drug-likeness (QED) is 0.689. The number of hydrogen-bond acceptors (Lipinski definition) is 3. The first-order chi connectivity index (χ1) is 8.07. The number of hydrogen-bond donors (Lipinski definition) is 1. The summed E-state index contributed by atoms with van der Waals surface area (Å²) in [6.07, 6.45) is 3.05. The second-order valence-corrected chi connectivity index (χ2v) is 6.19. The minimum atomic E-state index is -3.74. The smallest absolute Gasteiger partial charge is 0.263 e. The Morgan fingerprint density at radius 1 is 1.24 bits per heavy atom. The number of nitrogens with one attached hydrogen (secondary N) is 1. The van der Waals surface area contributed by atoms with Crippen LogP contribution in [-0.4, -0.2) is 18.4 Å². The average Bonchev–Trinajstić information content (AvgIpc) is 2.72. The van der Waals surface area contributed by atoms with E-state index in [0.29, 0.717) is 10.9 Å². The van der Waals surface area contributed by atoms with Crippen molar-refractivity contribution in [3.05, 3.63) is 36.7 Å². The van der Waals surface area contributed by atoms with Gasteiger partial charge in [-0.05, 0) is 6.07 Å². The molecule has 0 spiro atoms. The van der Waals surface area contributed by atoms with Gasteiger partial charge in [-0.15, -0.1) is 0 Å². The normalized spacial score (nSPS) is 12.3. The highest BCUT2D eigenvalue weighted by atomic mass is 35.7. The molecular weight excluding hydrogens is 260 g/mol. The fraction of sp³-hybridized carbons (Fsp3) is 0. The molecule has 2 aromatic heterocycles. The van der Waals surface area contributed by atoms with Gasteiger partial charge in [0, 0.05) is 33.8 Å². The van der Waals surface area contributed by atoms with Gasteiger partial charge in [0.05, 0.1) is 11.0 Å². The zero-order valence-corrected chi connectivity index (χ0v) is 10.1. The molecule has 0 aliphatic carbocycles. The predicted octanol–water partition coefficient (Wildman–Crippen LogP) is 2.64. The van der Waals surface area contributed by atoms with Gasteiger partial charge in [0.2, 0.25) is 0 Å². The van der Waals surface area contributed by atoms with Crippen LogP contribution in [0, 0.1) is 0 Å². The van der Waals surface area contributed by atoms with Crippen LogP contribution in [0.5, 0.6) is 0 Å². The number of halogens is 1. The highest BCUT2D eigenvalue weighted by Gasteiger charge is 2.17. The van der Waals surface area contributed by atoms with Gasteiger partial charge in [-0.1, -0.05) is 18.2 Å². The number of aromatic nitrogens is 2. The van der Waals surface area contributed by atoms with Crippen LogP contribution in [0.25, 0.3) is 21.8 Å². The standard InChI is InChI=1S/C11H7ClN2O2S/c12-17(15,16)9-6-14-11-8(9)4-3-7-2-1-5-13-10(7)11/h1-6,14H. The van der Waals surface area contributed by atoms with E-state index < -0.39 is 9.05 Å². The zero-order chi connectivity index (χ0) is 12.0. The topological polar surface area (TPSA) is 62.8 Å². The molecule has 6 heteroatoms. The first-order valence-electron chi connectivity index (χ1n) is 4.87. The molecule has 86 valence electrons. The molecule has 0 amide bonds. The summed E-state index contributed by atoms with van der Waals surface area (Å²) < 4.78 is 22.7. The van der Waals surface area contributed by atoms with Gasteiger partial charge in [0.1, 0.15) is 4.90 Å². The Bertz CT molecular complexity index is 824. The number of aromatic amines is 1. The van der Waals surface area contributed by atoms with E-state index >= 15 is 0 Å². The molecule has 0 radical (unpaired) electrons. The van der Waals surface area contributed by atoms with Crippen molar-refractivity contribution in [3.63, 3.8) is 0 Å². The summed E-state index contributed by atoms with van der Waals surface area (Å²) in [7, 11) is 1.62. The number of nitrogens with zero attached hydrogens (tertiary/aromatic N) is 1. The molecule has 0 unspecified atom stereocenters. The Balaban J connectivity index is 2.52. The van der Waals surface area contributed by atoms with Gasteiger partial charge >= 0.3 is 0 Å². The van der Waals surface area contributed by atoms with Crippen molar-refractivity contribution >= 4 is 41.5 Å². The Morgan fingerprint density at radius 2 is 2.06 bits per heavy atom. The van der Waals surface area contributed by atoms with Crippen LogP contribution in [0.15, 0.2) is 41.6 Å². The maximum atomic E-state index is 11.4. The van der Waals surface area contributed by atoms with E-state index in [1.165, 1.54) is 6.20 Å². The van der Waals surface area contributed by atoms with Gasteiger partial charge < -0.3 is 4.98 Å². The first-order valence-corrected chi connectivity index (χ1v) is 7.18. The molecule has 0 saturated carbocycles. The second kappa shape index (κ2) is 3.45. The molecular formula is C11H7ClN2O2S. The third-order valence-electron chi connectivity index (χ3n) is 2.65. The molecule has 1 aromatic carbocycles. The molecule has 0 aliphatic heterocycles. The predicted molar refractivity (Wildman–Crippen MR) is 66.6 cm³/mol. The Kier molecular flexibility index (Phi) is 2.14. The lowest BCUT2D eigenvalue weighted by Gasteiger charge is -1.98. The van der Waals surface area contributed by atoms with E-state index in [2.05, 4.69) is 9.97 Å². The number of H-pyrrole nitrogens is 1. The highest BCUT2D eigenvalue weighted by Crippen LogP contribution is 2.29. The summed E-state index contributed by atoms with van der Waals surface area (Å²) in [5, 5.41) is 1.51. The summed E-state index contributed by atoms with van der Waals surface area (Å²) in [4.78, 5) is 7.23. The van der Waals surface area contributed by atoms with Crippen molar-refractivity contribution in [3.8, 4) is 0 Å². The maximum absolute atomic E-state index is 11.4. The Morgan fingerprint density at radius 3 is 2.82 bits per heavy atom. The lowest BCUT2D eigenvalue weighted by atomic mass is 10.1. The molecule has 17 heavy (non-hydrogen) atoms. The summed E-state index contributed by atoms with van der Waals surface area (Å²) in [5.74, 6) is 0. The van der Waals surface area contributed by atoms with Crippen LogP contribution >= 0.6 is 10.7 Å². The maximum Gasteiger partial charge on any atom is 0.263 e. The van der Waals surface area contributed by atoms with Gasteiger partial charge in [0.25, 0.3) is 9.05 Å². The van der Waals surface area contributed by atoms with E-state index in [4.69, 9.17) is 10.7 Å². The SMILES string of the molecule is O=S(=O)(Cl)c1c[nH]c2c1ccc1cccnc12. The van der Waals surface area contributed by atoms with Crippen LogP contribution < -0.4 is 0 Å². The summed E-state index contributed by atoms with van der Waals surface area (Å²) in [6.45, 7) is 0. The van der Waals surface area contributed by atoms with Gasteiger partial charge in [-0.2, -0.15) is 0 Å². The van der Waals surface area contributed by atoms with Gasteiger partial charge in [0.15, 0.2) is 0 Å². The van der Waals surface area contributed by atoms with E-state index in [9.17, 15) is 8.42 Å². The van der Waals surface area contributed by atoms with Crippen molar-refractivity contribution in [2.24, 2.45) is 0 Å². The number of pyridine rings is 1. The Hall–Kier alpha value is -1.59. The number of benzene rings is 1. The minimum Gasteiger partial charge on any atom is -0.358 e. The van der Waals surface area contributed by atoms with E-state index in [1.807, 2.05) is 18.2 Å².